The molecule has 0 heterocycles. The molecule has 0 aromatic rings. The van der Waals surface area contributed by atoms with Crippen molar-refractivity contribution in [2.45, 2.75) is 44.9 Å². The van der Waals surface area contributed by atoms with Crippen LogP contribution in [0.3, 0.4) is 0 Å². The Labute approximate surface area is 78.9 Å². The highest BCUT2D eigenvalue weighted by molar-refractivity contribution is 5.79. The van der Waals surface area contributed by atoms with Gasteiger partial charge in [-0.3, -0.25) is 4.79 Å². The summed E-state index contributed by atoms with van der Waals surface area (Å²) < 4.78 is 0. The average molecular weight is 177 g/mol. The molecule has 0 N–H and O–H groups in total. The fourth-order valence-electron chi connectivity index (χ4n) is 2.55. The molecule has 2 rings (SSSR count). The predicted molar refractivity (Wildman–Crippen MR) is 48.9 cm³/mol. The molecular weight excluding hydrogens is 162 g/mol. The van der Waals surface area contributed by atoms with Crippen LogP contribution < -0.4 is 0 Å². The zero-order valence-corrected chi connectivity index (χ0v) is 7.88. The Morgan fingerprint density at radius 2 is 1.92 bits per heavy atom. The second kappa shape index (κ2) is 3.14. The first-order valence-corrected chi connectivity index (χ1v) is 5.20. The number of carbonyl (C=O) groups is 1. The van der Waals surface area contributed by atoms with Crippen LogP contribution in [0.4, 0.5) is 0 Å². The van der Waals surface area contributed by atoms with Crippen LogP contribution in [-0.4, -0.2) is 5.78 Å². The number of Topliss-reactive ketones (excluding diaryl/α,β-unsaturated/α-hetero) is 1. The SMILES string of the molecule is N#CC1(C2CCC2)CCC(=O)CC1. The van der Waals surface area contributed by atoms with Crippen molar-refractivity contribution in [2.24, 2.45) is 11.3 Å². The first-order chi connectivity index (χ1) is 6.27. The van der Waals surface area contributed by atoms with Crippen LogP contribution in [0.15, 0.2) is 0 Å². The quantitative estimate of drug-likeness (QED) is 0.617. The van der Waals surface area contributed by atoms with E-state index in [9.17, 15) is 10.1 Å². The molecule has 13 heavy (non-hydrogen) atoms. The molecule has 0 unspecified atom stereocenters. The summed E-state index contributed by atoms with van der Waals surface area (Å²) in [5.41, 5.74) is -0.119. The maximum absolute atomic E-state index is 11.1. The lowest BCUT2D eigenvalue weighted by atomic mass is 9.60. The van der Waals surface area contributed by atoms with E-state index in [1.807, 2.05) is 0 Å². The van der Waals surface area contributed by atoms with E-state index >= 15 is 0 Å². The Hall–Kier alpha value is -0.840. The topological polar surface area (TPSA) is 40.9 Å². The third-order valence-corrected chi connectivity index (χ3v) is 3.81. The Balaban J connectivity index is 2.07. The molecule has 70 valence electrons. The van der Waals surface area contributed by atoms with Crippen LogP contribution in [-0.2, 0) is 4.79 Å². The minimum Gasteiger partial charge on any atom is -0.300 e. The summed E-state index contributed by atoms with van der Waals surface area (Å²) in [6, 6.07) is 2.49. The molecular formula is C11H15NO. The minimum atomic E-state index is -0.119. The summed E-state index contributed by atoms with van der Waals surface area (Å²) >= 11 is 0. The third-order valence-electron chi connectivity index (χ3n) is 3.81. The number of hydrogen-bond donors (Lipinski definition) is 0. The molecule has 0 radical (unpaired) electrons. The largest absolute Gasteiger partial charge is 0.300 e. The molecule has 0 atom stereocenters. The van der Waals surface area contributed by atoms with Crippen molar-refractivity contribution in [1.82, 2.24) is 0 Å². The Kier molecular flexibility index (Phi) is 2.11. The zero-order valence-electron chi connectivity index (χ0n) is 7.88. The van der Waals surface area contributed by atoms with Gasteiger partial charge in [-0.1, -0.05) is 6.42 Å². The Morgan fingerprint density at radius 3 is 2.31 bits per heavy atom. The van der Waals surface area contributed by atoms with E-state index in [1.165, 1.54) is 19.3 Å². The van der Waals surface area contributed by atoms with Crippen molar-refractivity contribution >= 4 is 5.78 Å². The maximum Gasteiger partial charge on any atom is 0.133 e. The summed E-state index contributed by atoms with van der Waals surface area (Å²) in [7, 11) is 0. The van der Waals surface area contributed by atoms with Gasteiger partial charge in [0.05, 0.1) is 11.5 Å². The van der Waals surface area contributed by atoms with Gasteiger partial charge in [-0.15, -0.1) is 0 Å². The van der Waals surface area contributed by atoms with Crippen molar-refractivity contribution in [3.05, 3.63) is 0 Å². The molecule has 0 saturated heterocycles. The number of nitrogens with zero attached hydrogens (tertiary/aromatic N) is 1. The summed E-state index contributed by atoms with van der Waals surface area (Å²) in [6.07, 6.45) is 6.64. The molecule has 2 saturated carbocycles. The molecule has 2 nitrogen and oxygen atoms in total. The van der Waals surface area contributed by atoms with Gasteiger partial charge in [0.2, 0.25) is 0 Å². The van der Waals surface area contributed by atoms with Crippen LogP contribution in [0.5, 0.6) is 0 Å². The van der Waals surface area contributed by atoms with Crippen LogP contribution in [0.25, 0.3) is 0 Å². The first kappa shape index (κ1) is 8.74. The van der Waals surface area contributed by atoms with Crippen LogP contribution in [0.1, 0.15) is 44.9 Å². The van der Waals surface area contributed by atoms with Crippen LogP contribution >= 0.6 is 0 Å². The lowest BCUT2D eigenvalue weighted by Gasteiger charge is -2.42. The minimum absolute atomic E-state index is 0.119. The van der Waals surface area contributed by atoms with E-state index < -0.39 is 0 Å². The van der Waals surface area contributed by atoms with E-state index in [-0.39, 0.29) is 5.41 Å². The molecule has 2 aliphatic rings. The highest BCUT2D eigenvalue weighted by Crippen LogP contribution is 2.49. The molecule has 0 aromatic heterocycles. The van der Waals surface area contributed by atoms with E-state index in [0.29, 0.717) is 24.5 Å². The lowest BCUT2D eigenvalue weighted by Crippen LogP contribution is -2.37. The predicted octanol–water partition coefficient (Wildman–Crippen LogP) is 2.44. The van der Waals surface area contributed by atoms with Crippen LogP contribution in [0.2, 0.25) is 0 Å². The fourth-order valence-corrected chi connectivity index (χ4v) is 2.55. The van der Waals surface area contributed by atoms with Crippen molar-refractivity contribution in [3.63, 3.8) is 0 Å². The van der Waals surface area contributed by atoms with Gasteiger partial charge >= 0.3 is 0 Å². The highest BCUT2D eigenvalue weighted by Gasteiger charge is 2.44. The number of carbonyl (C=O) groups excluding carboxylic acids is 1. The molecule has 0 aliphatic heterocycles. The highest BCUT2D eigenvalue weighted by atomic mass is 16.1. The molecule has 2 fully saturated rings. The second-order valence-corrected chi connectivity index (χ2v) is 4.43. The zero-order chi connectivity index (χ0) is 9.31. The van der Waals surface area contributed by atoms with Crippen molar-refractivity contribution in [2.75, 3.05) is 0 Å². The van der Waals surface area contributed by atoms with E-state index in [2.05, 4.69) is 6.07 Å². The van der Waals surface area contributed by atoms with Gasteiger partial charge in [-0.25, -0.2) is 0 Å². The molecule has 2 aliphatic carbocycles. The van der Waals surface area contributed by atoms with E-state index in [4.69, 9.17) is 0 Å². The monoisotopic (exact) mass is 177 g/mol. The second-order valence-electron chi connectivity index (χ2n) is 4.43. The molecule has 0 aromatic carbocycles. The van der Waals surface area contributed by atoms with Gasteiger partial charge in [0, 0.05) is 12.8 Å². The van der Waals surface area contributed by atoms with Crippen molar-refractivity contribution in [1.29, 1.82) is 5.26 Å². The van der Waals surface area contributed by atoms with E-state index in [1.54, 1.807) is 0 Å². The van der Waals surface area contributed by atoms with Gasteiger partial charge in [-0.05, 0) is 31.6 Å². The Bertz CT molecular complexity index is 250. The summed E-state index contributed by atoms with van der Waals surface area (Å²) in [6.45, 7) is 0. The third kappa shape index (κ3) is 1.37. The smallest absolute Gasteiger partial charge is 0.133 e. The number of hydrogen-bond acceptors (Lipinski definition) is 2. The van der Waals surface area contributed by atoms with Crippen molar-refractivity contribution < 1.29 is 4.79 Å². The summed E-state index contributed by atoms with van der Waals surface area (Å²) in [5, 5.41) is 9.20. The fraction of sp³-hybridized carbons (Fsp3) is 0.818. The van der Waals surface area contributed by atoms with Gasteiger partial charge in [0.15, 0.2) is 0 Å². The molecule has 2 heteroatoms. The van der Waals surface area contributed by atoms with Gasteiger partial charge < -0.3 is 0 Å². The van der Waals surface area contributed by atoms with Gasteiger partial charge in [-0.2, -0.15) is 5.26 Å². The number of rotatable bonds is 1. The van der Waals surface area contributed by atoms with Crippen LogP contribution in [0, 0.1) is 22.7 Å². The van der Waals surface area contributed by atoms with Crippen molar-refractivity contribution in [3.8, 4) is 6.07 Å². The molecule has 0 spiro atoms. The maximum atomic E-state index is 11.1. The van der Waals surface area contributed by atoms with E-state index in [0.717, 1.165) is 12.8 Å². The number of ketones is 1. The molecule has 0 bridgehead atoms. The Morgan fingerprint density at radius 1 is 1.31 bits per heavy atom. The van der Waals surface area contributed by atoms with Gasteiger partial charge in [0.1, 0.15) is 5.78 Å². The number of nitriles is 1. The standard InChI is InChI=1S/C11H15NO/c12-8-11(9-2-1-3-9)6-4-10(13)5-7-11/h9H,1-7H2. The van der Waals surface area contributed by atoms with Gasteiger partial charge in [0.25, 0.3) is 0 Å². The molecule has 0 amide bonds. The summed E-state index contributed by atoms with van der Waals surface area (Å²) in [4.78, 5) is 11.1. The summed E-state index contributed by atoms with van der Waals surface area (Å²) in [5.74, 6) is 0.954. The normalized spacial score (nSPS) is 27.8. The average Bonchev–Trinajstić information content (AvgIpc) is 2.06. The first-order valence-electron chi connectivity index (χ1n) is 5.20. The lowest BCUT2D eigenvalue weighted by molar-refractivity contribution is -0.122.